The largest absolute Gasteiger partial charge is 0.478 e. The van der Waals surface area contributed by atoms with Crippen LogP contribution in [0.15, 0.2) is 33.0 Å². The van der Waals surface area contributed by atoms with Gasteiger partial charge in [-0.25, -0.2) is 14.7 Å². The highest BCUT2D eigenvalue weighted by molar-refractivity contribution is 7.99. The molecule has 6 nitrogen and oxygen atoms in total. The summed E-state index contributed by atoms with van der Waals surface area (Å²) >= 11 is 1.20. The lowest BCUT2D eigenvalue weighted by molar-refractivity contribution is 0.0693. The van der Waals surface area contributed by atoms with Gasteiger partial charge in [0.05, 0.1) is 5.56 Å². The standard InChI is InChI=1S/C13H15N3O3S/c1-3-7-16-12(19)14-15-13(16)20-10-8(2)5-4-6-9(10)11(17)18/h4-6H,3,7H2,1-2H3,(H,14,19)(H,17,18). The van der Waals surface area contributed by atoms with Crippen molar-refractivity contribution in [3.63, 3.8) is 0 Å². The molecule has 2 N–H and O–H groups in total. The van der Waals surface area contributed by atoms with Gasteiger partial charge in [-0.05, 0) is 36.7 Å². The molecule has 0 amide bonds. The van der Waals surface area contributed by atoms with E-state index < -0.39 is 5.97 Å². The summed E-state index contributed by atoms with van der Waals surface area (Å²) in [5.41, 5.74) is 0.779. The molecule has 1 aromatic heterocycles. The van der Waals surface area contributed by atoms with E-state index in [0.717, 1.165) is 12.0 Å². The van der Waals surface area contributed by atoms with E-state index in [4.69, 9.17) is 0 Å². The van der Waals surface area contributed by atoms with Crippen LogP contribution in [0.2, 0.25) is 0 Å². The van der Waals surface area contributed by atoms with Crippen molar-refractivity contribution < 1.29 is 9.90 Å². The van der Waals surface area contributed by atoms with Crippen LogP contribution < -0.4 is 5.69 Å². The lowest BCUT2D eigenvalue weighted by Crippen LogP contribution is -2.17. The highest BCUT2D eigenvalue weighted by atomic mass is 32.2. The maximum absolute atomic E-state index is 11.6. The van der Waals surface area contributed by atoms with Crippen molar-refractivity contribution in [3.8, 4) is 0 Å². The number of nitrogens with one attached hydrogen (secondary N) is 1. The molecule has 0 aliphatic carbocycles. The molecule has 0 saturated heterocycles. The molecule has 0 spiro atoms. The fraction of sp³-hybridized carbons (Fsp3) is 0.308. The molecular weight excluding hydrogens is 278 g/mol. The van der Waals surface area contributed by atoms with Gasteiger partial charge in [-0.15, -0.1) is 5.10 Å². The molecule has 106 valence electrons. The lowest BCUT2D eigenvalue weighted by atomic mass is 10.1. The number of hydrogen-bond acceptors (Lipinski definition) is 4. The smallest absolute Gasteiger partial charge is 0.343 e. The maximum Gasteiger partial charge on any atom is 0.343 e. The second-order valence-electron chi connectivity index (χ2n) is 4.32. The highest BCUT2D eigenvalue weighted by Gasteiger charge is 2.17. The third-order valence-corrected chi connectivity index (χ3v) is 4.05. The average Bonchev–Trinajstić information content (AvgIpc) is 2.74. The Morgan fingerprint density at radius 1 is 1.50 bits per heavy atom. The van der Waals surface area contributed by atoms with Crippen LogP contribution in [0.25, 0.3) is 0 Å². The first-order valence-electron chi connectivity index (χ1n) is 6.20. The van der Waals surface area contributed by atoms with Gasteiger partial charge in [0, 0.05) is 11.4 Å². The molecule has 0 aliphatic rings. The molecule has 0 radical (unpaired) electrons. The molecule has 0 unspecified atom stereocenters. The first-order valence-corrected chi connectivity index (χ1v) is 7.02. The third kappa shape index (κ3) is 2.77. The minimum atomic E-state index is -0.990. The predicted molar refractivity (Wildman–Crippen MR) is 75.4 cm³/mol. The third-order valence-electron chi connectivity index (χ3n) is 2.81. The summed E-state index contributed by atoms with van der Waals surface area (Å²) < 4.78 is 1.52. The predicted octanol–water partition coefficient (Wildman–Crippen LogP) is 2.14. The Labute approximate surface area is 119 Å². The molecule has 0 fully saturated rings. The van der Waals surface area contributed by atoms with Crippen LogP contribution in [0.1, 0.15) is 29.3 Å². The first kappa shape index (κ1) is 14.4. The van der Waals surface area contributed by atoms with Gasteiger partial charge in [0.2, 0.25) is 0 Å². The number of hydrogen-bond donors (Lipinski definition) is 2. The van der Waals surface area contributed by atoms with Crippen LogP contribution >= 0.6 is 11.8 Å². The zero-order valence-corrected chi connectivity index (χ0v) is 12.0. The average molecular weight is 293 g/mol. The van der Waals surface area contributed by atoms with Gasteiger partial charge in [0.25, 0.3) is 0 Å². The van der Waals surface area contributed by atoms with Crippen LogP contribution in [0.4, 0.5) is 0 Å². The Morgan fingerprint density at radius 3 is 2.90 bits per heavy atom. The molecular formula is C13H15N3O3S. The monoisotopic (exact) mass is 293 g/mol. The molecule has 1 heterocycles. The summed E-state index contributed by atoms with van der Waals surface area (Å²) in [5, 5.41) is 16.1. The van der Waals surface area contributed by atoms with E-state index >= 15 is 0 Å². The van der Waals surface area contributed by atoms with Gasteiger partial charge < -0.3 is 5.11 Å². The van der Waals surface area contributed by atoms with Crippen molar-refractivity contribution >= 4 is 17.7 Å². The van der Waals surface area contributed by atoms with Gasteiger partial charge in [0.1, 0.15) is 0 Å². The summed E-state index contributed by atoms with van der Waals surface area (Å²) in [6.07, 6.45) is 0.798. The summed E-state index contributed by atoms with van der Waals surface area (Å²) in [4.78, 5) is 23.5. The Morgan fingerprint density at radius 2 is 2.25 bits per heavy atom. The number of benzene rings is 1. The summed E-state index contributed by atoms with van der Waals surface area (Å²) in [7, 11) is 0. The van der Waals surface area contributed by atoms with E-state index in [9.17, 15) is 14.7 Å². The van der Waals surface area contributed by atoms with E-state index in [-0.39, 0.29) is 11.3 Å². The molecule has 0 aliphatic heterocycles. The van der Waals surface area contributed by atoms with Crippen LogP contribution in [0, 0.1) is 6.92 Å². The number of carboxylic acids is 1. The van der Waals surface area contributed by atoms with Gasteiger partial charge in [-0.1, -0.05) is 19.1 Å². The minimum Gasteiger partial charge on any atom is -0.478 e. The van der Waals surface area contributed by atoms with E-state index in [1.54, 1.807) is 12.1 Å². The number of aromatic nitrogens is 3. The number of H-pyrrole nitrogens is 1. The quantitative estimate of drug-likeness (QED) is 0.881. The number of carboxylic acid groups (broad SMARTS) is 1. The van der Waals surface area contributed by atoms with Crippen molar-refractivity contribution in [2.24, 2.45) is 0 Å². The van der Waals surface area contributed by atoms with Crippen molar-refractivity contribution in [1.82, 2.24) is 14.8 Å². The van der Waals surface area contributed by atoms with Gasteiger partial charge in [-0.3, -0.25) is 4.57 Å². The van der Waals surface area contributed by atoms with E-state index in [1.165, 1.54) is 16.3 Å². The SMILES string of the molecule is CCCn1c(Sc2c(C)cccc2C(=O)O)n[nH]c1=O. The summed E-state index contributed by atoms with van der Waals surface area (Å²) in [5.74, 6) is -0.990. The zero-order chi connectivity index (χ0) is 14.7. The minimum absolute atomic E-state index is 0.216. The number of aromatic carboxylic acids is 1. The fourth-order valence-electron chi connectivity index (χ4n) is 1.85. The molecule has 7 heteroatoms. The van der Waals surface area contributed by atoms with Crippen LogP contribution in [-0.2, 0) is 6.54 Å². The number of carbonyl (C=O) groups is 1. The van der Waals surface area contributed by atoms with Crippen LogP contribution in [0.3, 0.4) is 0 Å². The molecule has 0 atom stereocenters. The summed E-state index contributed by atoms with van der Waals surface area (Å²) in [6, 6.07) is 5.09. The topological polar surface area (TPSA) is 88.0 Å². The number of aryl methyl sites for hydroxylation is 1. The first-order chi connectivity index (χ1) is 9.54. The van der Waals surface area contributed by atoms with Crippen LogP contribution in [-0.4, -0.2) is 25.8 Å². The van der Waals surface area contributed by atoms with E-state index in [2.05, 4.69) is 10.2 Å². The van der Waals surface area contributed by atoms with Gasteiger partial charge in [0.15, 0.2) is 5.16 Å². The molecule has 2 aromatic rings. The second kappa shape index (κ2) is 5.96. The Kier molecular flexibility index (Phi) is 4.29. The number of rotatable bonds is 5. The Balaban J connectivity index is 2.45. The van der Waals surface area contributed by atoms with Gasteiger partial charge in [-0.2, -0.15) is 0 Å². The molecule has 0 saturated carbocycles. The van der Waals surface area contributed by atoms with Gasteiger partial charge >= 0.3 is 11.7 Å². The molecule has 20 heavy (non-hydrogen) atoms. The van der Waals surface area contributed by atoms with Crippen molar-refractivity contribution in [2.75, 3.05) is 0 Å². The maximum atomic E-state index is 11.6. The van der Waals surface area contributed by atoms with Crippen molar-refractivity contribution in [1.29, 1.82) is 0 Å². The Bertz CT molecular complexity index is 690. The van der Waals surface area contributed by atoms with Crippen LogP contribution in [0.5, 0.6) is 0 Å². The fourth-order valence-corrected chi connectivity index (χ4v) is 2.90. The van der Waals surface area contributed by atoms with E-state index in [1.807, 2.05) is 19.9 Å². The van der Waals surface area contributed by atoms with E-state index in [0.29, 0.717) is 16.6 Å². The Hall–Kier alpha value is -2.02. The number of aromatic amines is 1. The normalized spacial score (nSPS) is 10.7. The number of nitrogens with zero attached hydrogens (tertiary/aromatic N) is 2. The highest BCUT2D eigenvalue weighted by Crippen LogP contribution is 2.31. The zero-order valence-electron chi connectivity index (χ0n) is 11.2. The second-order valence-corrected chi connectivity index (χ2v) is 5.30. The van der Waals surface area contributed by atoms with Crippen molar-refractivity contribution in [2.45, 2.75) is 36.9 Å². The van der Waals surface area contributed by atoms with Crippen molar-refractivity contribution in [3.05, 3.63) is 39.8 Å². The summed E-state index contributed by atoms with van der Waals surface area (Å²) in [6.45, 7) is 4.35. The lowest BCUT2D eigenvalue weighted by Gasteiger charge is -2.09. The molecule has 0 bridgehead atoms. The molecule has 2 rings (SSSR count). The molecule has 1 aromatic carbocycles.